The highest BCUT2D eigenvalue weighted by atomic mass is 16.4. The molecule has 2 N–H and O–H groups in total. The summed E-state index contributed by atoms with van der Waals surface area (Å²) in [6.07, 6.45) is 45.6. The smallest absolute Gasteiger partial charge is 0.309 e. The van der Waals surface area contributed by atoms with E-state index in [0.717, 1.165) is 32.1 Å². The van der Waals surface area contributed by atoms with E-state index >= 15 is 0 Å². The second kappa shape index (κ2) is 30.7. The highest BCUT2D eigenvalue weighted by Crippen LogP contribution is 2.52. The summed E-state index contributed by atoms with van der Waals surface area (Å²) in [4.78, 5) is 25.2. The largest absolute Gasteiger partial charge is 0.481 e. The molecule has 0 radical (unpaired) electrons. The molecule has 0 aromatic rings. The van der Waals surface area contributed by atoms with Crippen LogP contribution in [-0.2, 0) is 9.59 Å². The normalized spacial score (nSPS) is 19.5. The third-order valence-electron chi connectivity index (χ3n) is 11.9. The number of unbranched alkanes of at least 4 members (excludes halogenated alkanes) is 30. The number of carbonyl (C=O) groups is 2. The molecule has 0 aromatic carbocycles. The molecular formula is C44H84O4. The lowest BCUT2D eigenvalue weighted by Crippen LogP contribution is -2.45. The van der Waals surface area contributed by atoms with Crippen LogP contribution in [0.2, 0.25) is 0 Å². The molecule has 0 saturated heterocycles. The third-order valence-corrected chi connectivity index (χ3v) is 11.9. The fourth-order valence-electron chi connectivity index (χ4n) is 8.62. The van der Waals surface area contributed by atoms with E-state index in [9.17, 15) is 19.8 Å². The predicted octanol–water partition coefficient (Wildman–Crippen LogP) is 15.0. The zero-order valence-electron chi connectivity index (χ0n) is 32.6. The van der Waals surface area contributed by atoms with Gasteiger partial charge >= 0.3 is 11.9 Å². The summed E-state index contributed by atoms with van der Waals surface area (Å²) in [5.74, 6) is -1.50. The van der Waals surface area contributed by atoms with Crippen molar-refractivity contribution in [2.75, 3.05) is 0 Å². The zero-order valence-corrected chi connectivity index (χ0v) is 32.6. The molecule has 2 unspecified atom stereocenters. The molecule has 0 bridgehead atoms. The van der Waals surface area contributed by atoms with Crippen LogP contribution in [0.1, 0.15) is 258 Å². The monoisotopic (exact) mass is 677 g/mol. The van der Waals surface area contributed by atoms with Crippen molar-refractivity contribution < 1.29 is 19.8 Å². The molecule has 1 aliphatic carbocycles. The molecule has 1 aliphatic rings. The highest BCUT2D eigenvalue weighted by Gasteiger charge is 2.52. The third kappa shape index (κ3) is 21.9. The fourth-order valence-corrected chi connectivity index (χ4v) is 8.62. The van der Waals surface area contributed by atoms with Gasteiger partial charge in [-0.25, -0.2) is 0 Å². The summed E-state index contributed by atoms with van der Waals surface area (Å²) in [6, 6.07) is 0. The maximum atomic E-state index is 12.6. The van der Waals surface area contributed by atoms with Crippen molar-refractivity contribution in [2.45, 2.75) is 258 Å². The minimum Gasteiger partial charge on any atom is -0.481 e. The Morgan fingerprint density at radius 1 is 0.375 bits per heavy atom. The molecule has 4 heteroatoms. The number of carboxylic acid groups (broad SMARTS) is 2. The Labute approximate surface area is 299 Å². The first-order valence-electron chi connectivity index (χ1n) is 21.9. The van der Waals surface area contributed by atoms with Crippen LogP contribution in [0.4, 0.5) is 0 Å². The van der Waals surface area contributed by atoms with E-state index in [1.165, 1.54) is 180 Å². The maximum absolute atomic E-state index is 12.6. The van der Waals surface area contributed by atoms with Gasteiger partial charge in [-0.3, -0.25) is 9.59 Å². The van der Waals surface area contributed by atoms with E-state index in [4.69, 9.17) is 0 Å². The van der Waals surface area contributed by atoms with Crippen LogP contribution in [0, 0.1) is 10.8 Å². The summed E-state index contributed by atoms with van der Waals surface area (Å²) in [7, 11) is 0. The van der Waals surface area contributed by atoms with E-state index in [2.05, 4.69) is 13.8 Å². The molecule has 0 aliphatic heterocycles. The highest BCUT2D eigenvalue weighted by molar-refractivity contribution is 5.79. The lowest BCUT2D eigenvalue weighted by molar-refractivity contribution is -0.164. The molecule has 1 saturated carbocycles. The van der Waals surface area contributed by atoms with Gasteiger partial charge in [-0.15, -0.1) is 0 Å². The Morgan fingerprint density at radius 3 is 0.792 bits per heavy atom. The summed E-state index contributed by atoms with van der Waals surface area (Å²) in [5.41, 5.74) is -1.69. The first-order valence-corrected chi connectivity index (χ1v) is 21.9. The molecule has 2 atom stereocenters. The van der Waals surface area contributed by atoms with Crippen LogP contribution < -0.4 is 0 Å². The van der Waals surface area contributed by atoms with Gasteiger partial charge in [-0.2, -0.15) is 0 Å². The SMILES string of the molecule is CCCCCCCCCCCCCCCCCCC1(C(=O)O)CCCC(CCCCCCCCCCCCCCCCCC)(C(=O)O)C1. The van der Waals surface area contributed by atoms with Crippen molar-refractivity contribution in [1.82, 2.24) is 0 Å². The molecular weight excluding hydrogens is 592 g/mol. The summed E-state index contributed by atoms with van der Waals surface area (Å²) >= 11 is 0. The first-order chi connectivity index (χ1) is 23.4. The van der Waals surface area contributed by atoms with Crippen molar-refractivity contribution in [3.63, 3.8) is 0 Å². The van der Waals surface area contributed by atoms with Crippen molar-refractivity contribution in [2.24, 2.45) is 10.8 Å². The zero-order chi connectivity index (χ0) is 35.0. The Bertz CT molecular complexity index is 690. The summed E-state index contributed by atoms with van der Waals surface area (Å²) in [5, 5.41) is 20.7. The number of rotatable bonds is 36. The van der Waals surface area contributed by atoms with Crippen molar-refractivity contribution in [1.29, 1.82) is 0 Å². The van der Waals surface area contributed by atoms with Gasteiger partial charge in [0.2, 0.25) is 0 Å². The van der Waals surface area contributed by atoms with Gasteiger partial charge in [0.15, 0.2) is 0 Å². The minimum absolute atomic E-state index is 0.335. The number of hydrogen-bond acceptors (Lipinski definition) is 2. The first kappa shape index (κ1) is 45.0. The molecule has 4 nitrogen and oxygen atoms in total. The molecule has 0 amide bonds. The number of hydrogen-bond donors (Lipinski definition) is 2. The second-order valence-corrected chi connectivity index (χ2v) is 16.3. The van der Waals surface area contributed by atoms with E-state index in [1.54, 1.807) is 0 Å². The molecule has 1 rings (SSSR count). The molecule has 48 heavy (non-hydrogen) atoms. The van der Waals surface area contributed by atoms with Crippen LogP contribution >= 0.6 is 0 Å². The quantitative estimate of drug-likeness (QED) is 0.0648. The summed E-state index contributed by atoms with van der Waals surface area (Å²) < 4.78 is 0. The second-order valence-electron chi connectivity index (χ2n) is 16.3. The Hall–Kier alpha value is -1.06. The molecule has 0 aromatic heterocycles. The van der Waals surface area contributed by atoms with Crippen LogP contribution in [0.15, 0.2) is 0 Å². The van der Waals surface area contributed by atoms with Gasteiger partial charge in [0.25, 0.3) is 0 Å². The van der Waals surface area contributed by atoms with Crippen LogP contribution in [0.3, 0.4) is 0 Å². The van der Waals surface area contributed by atoms with Crippen LogP contribution in [0.5, 0.6) is 0 Å². The van der Waals surface area contributed by atoms with Gasteiger partial charge < -0.3 is 10.2 Å². The van der Waals surface area contributed by atoms with Gasteiger partial charge in [0, 0.05) is 0 Å². The van der Waals surface area contributed by atoms with Gasteiger partial charge in [0.1, 0.15) is 0 Å². The minimum atomic E-state index is -0.846. The Kier molecular flexibility index (Phi) is 28.8. The van der Waals surface area contributed by atoms with Gasteiger partial charge in [0.05, 0.1) is 10.8 Å². The summed E-state index contributed by atoms with van der Waals surface area (Å²) in [6.45, 7) is 4.56. The van der Waals surface area contributed by atoms with Crippen LogP contribution in [0.25, 0.3) is 0 Å². The average Bonchev–Trinajstić information content (AvgIpc) is 3.08. The molecule has 0 heterocycles. The standard InChI is InChI=1S/C44H84O4/c1-3-5-7-9-11-13-15-17-19-21-23-25-27-29-31-33-36-43(41(45)46)38-35-39-44(40-43,42(47)48)37-34-32-30-28-26-24-22-20-18-16-14-12-10-8-6-4-2/h3-40H2,1-2H3,(H,45,46)(H,47,48). The fraction of sp³-hybridized carbons (Fsp3) is 0.955. The predicted molar refractivity (Wildman–Crippen MR) is 207 cm³/mol. The van der Waals surface area contributed by atoms with E-state index in [1.807, 2.05) is 0 Å². The van der Waals surface area contributed by atoms with Crippen molar-refractivity contribution in [3.05, 3.63) is 0 Å². The lowest BCUT2D eigenvalue weighted by atomic mass is 9.58. The van der Waals surface area contributed by atoms with Gasteiger partial charge in [-0.1, -0.05) is 226 Å². The topological polar surface area (TPSA) is 74.6 Å². The molecule has 284 valence electrons. The Balaban J connectivity index is 2.17. The van der Waals surface area contributed by atoms with Crippen molar-refractivity contribution in [3.8, 4) is 0 Å². The van der Waals surface area contributed by atoms with Crippen molar-refractivity contribution >= 4 is 11.9 Å². The lowest BCUT2D eigenvalue weighted by Gasteiger charge is -2.44. The average molecular weight is 677 g/mol. The van der Waals surface area contributed by atoms with E-state index in [0.29, 0.717) is 32.1 Å². The molecule has 0 spiro atoms. The molecule has 1 fully saturated rings. The van der Waals surface area contributed by atoms with E-state index < -0.39 is 22.8 Å². The van der Waals surface area contributed by atoms with Gasteiger partial charge in [-0.05, 0) is 32.1 Å². The van der Waals surface area contributed by atoms with E-state index in [-0.39, 0.29) is 0 Å². The maximum Gasteiger partial charge on any atom is 0.309 e. The number of carboxylic acids is 2. The van der Waals surface area contributed by atoms with Crippen LogP contribution in [-0.4, -0.2) is 22.2 Å². The number of aliphatic carboxylic acids is 2. The Morgan fingerprint density at radius 2 is 0.583 bits per heavy atom.